The maximum Gasteiger partial charge on any atom is 0.186 e. The number of morpholine rings is 1. The highest BCUT2D eigenvalue weighted by Gasteiger charge is 2.34. The SMILES string of the molecule is CC1CN(c2nc3c(s2)C(=O)CC(C)(C)C3)CCO1. The van der Waals surface area contributed by atoms with Gasteiger partial charge in [0.05, 0.1) is 23.3 Å². The van der Waals surface area contributed by atoms with Crippen molar-refractivity contribution in [3.8, 4) is 0 Å². The van der Waals surface area contributed by atoms with Crippen LogP contribution in [0.2, 0.25) is 0 Å². The van der Waals surface area contributed by atoms with Gasteiger partial charge in [-0.25, -0.2) is 4.98 Å². The highest BCUT2D eigenvalue weighted by molar-refractivity contribution is 7.17. The fourth-order valence-corrected chi connectivity index (χ4v) is 3.89. The summed E-state index contributed by atoms with van der Waals surface area (Å²) in [5, 5.41) is 0.992. The van der Waals surface area contributed by atoms with Crippen LogP contribution in [0.1, 0.15) is 42.6 Å². The van der Waals surface area contributed by atoms with Crippen LogP contribution in [0.15, 0.2) is 0 Å². The summed E-state index contributed by atoms with van der Waals surface area (Å²) < 4.78 is 5.55. The number of fused-ring (bicyclic) bond motifs is 1. The average Bonchev–Trinajstić information content (AvgIpc) is 2.71. The summed E-state index contributed by atoms with van der Waals surface area (Å²) in [4.78, 5) is 20.0. The molecule has 0 aromatic carbocycles. The maximum absolute atomic E-state index is 12.2. The molecule has 1 unspecified atom stereocenters. The number of nitrogens with zero attached hydrogens (tertiary/aromatic N) is 2. The normalized spacial score (nSPS) is 26.4. The van der Waals surface area contributed by atoms with E-state index in [0.29, 0.717) is 6.42 Å². The van der Waals surface area contributed by atoms with Crippen LogP contribution < -0.4 is 4.90 Å². The molecule has 4 nitrogen and oxygen atoms in total. The van der Waals surface area contributed by atoms with Gasteiger partial charge in [0.2, 0.25) is 0 Å². The first kappa shape index (κ1) is 13.1. The van der Waals surface area contributed by atoms with E-state index in [1.807, 2.05) is 0 Å². The molecule has 3 rings (SSSR count). The average molecular weight is 280 g/mol. The maximum atomic E-state index is 12.2. The second kappa shape index (κ2) is 4.56. The first-order chi connectivity index (χ1) is 8.94. The molecule has 1 aliphatic heterocycles. The molecule has 0 N–H and O–H groups in total. The van der Waals surface area contributed by atoms with Gasteiger partial charge in [-0.15, -0.1) is 0 Å². The zero-order valence-corrected chi connectivity index (χ0v) is 12.5. The molecule has 2 aliphatic rings. The Morgan fingerprint density at radius 2 is 2.21 bits per heavy atom. The second-order valence-corrected chi connectivity index (χ2v) is 7.32. The Morgan fingerprint density at radius 3 is 2.95 bits per heavy atom. The summed E-state index contributed by atoms with van der Waals surface area (Å²) in [7, 11) is 0. The molecule has 0 amide bonds. The molecule has 0 bridgehead atoms. The Kier molecular flexibility index (Phi) is 3.14. The van der Waals surface area contributed by atoms with Gasteiger partial charge in [0.25, 0.3) is 0 Å². The molecule has 1 saturated heterocycles. The fourth-order valence-electron chi connectivity index (χ4n) is 2.84. The van der Waals surface area contributed by atoms with Gasteiger partial charge in [-0.2, -0.15) is 0 Å². The molecule has 1 aromatic heterocycles. The number of thiazole rings is 1. The standard InChI is InChI=1S/C14H20N2O2S/c1-9-8-16(4-5-18-9)13-15-10-6-14(2,3)7-11(17)12(10)19-13/h9H,4-8H2,1-3H3. The van der Waals surface area contributed by atoms with Crippen LogP contribution in [0.5, 0.6) is 0 Å². The van der Waals surface area contributed by atoms with E-state index in [9.17, 15) is 4.79 Å². The van der Waals surface area contributed by atoms with E-state index in [4.69, 9.17) is 9.72 Å². The van der Waals surface area contributed by atoms with E-state index in [1.165, 1.54) is 0 Å². The predicted molar refractivity (Wildman–Crippen MR) is 76.2 cm³/mol. The molecule has 1 fully saturated rings. The number of rotatable bonds is 1. The Balaban J connectivity index is 1.88. The van der Waals surface area contributed by atoms with Crippen LogP contribution in [0.4, 0.5) is 5.13 Å². The van der Waals surface area contributed by atoms with Gasteiger partial charge in [0.1, 0.15) is 0 Å². The van der Waals surface area contributed by atoms with E-state index in [0.717, 1.165) is 41.8 Å². The molecule has 104 valence electrons. The lowest BCUT2D eigenvalue weighted by Gasteiger charge is -2.30. The summed E-state index contributed by atoms with van der Waals surface area (Å²) >= 11 is 1.56. The van der Waals surface area contributed by atoms with Crippen LogP contribution in [0, 0.1) is 5.41 Å². The first-order valence-electron chi connectivity index (χ1n) is 6.84. The zero-order chi connectivity index (χ0) is 13.6. The van der Waals surface area contributed by atoms with Gasteiger partial charge in [0.15, 0.2) is 10.9 Å². The van der Waals surface area contributed by atoms with E-state index >= 15 is 0 Å². The van der Waals surface area contributed by atoms with Gasteiger partial charge in [-0.1, -0.05) is 25.2 Å². The summed E-state index contributed by atoms with van der Waals surface area (Å²) in [6.07, 6.45) is 1.79. The molecule has 2 heterocycles. The minimum Gasteiger partial charge on any atom is -0.375 e. The molecular formula is C14H20N2O2S. The van der Waals surface area contributed by atoms with Crippen LogP contribution in [0.3, 0.4) is 0 Å². The third-order valence-electron chi connectivity index (χ3n) is 3.74. The molecule has 1 aromatic rings. The third kappa shape index (κ3) is 2.54. The molecule has 0 spiro atoms. The Hall–Kier alpha value is -0.940. The molecule has 5 heteroatoms. The highest BCUT2D eigenvalue weighted by Crippen LogP contribution is 2.39. The van der Waals surface area contributed by atoms with Gasteiger partial charge >= 0.3 is 0 Å². The third-order valence-corrected chi connectivity index (χ3v) is 4.94. The molecule has 0 radical (unpaired) electrons. The number of carbonyl (C=O) groups is 1. The van der Waals surface area contributed by atoms with Crippen LogP contribution in [0.25, 0.3) is 0 Å². The number of Topliss-reactive ketones (excluding diaryl/α,β-unsaturated/α-hetero) is 1. The first-order valence-corrected chi connectivity index (χ1v) is 7.66. The Labute approximate surface area is 117 Å². The lowest BCUT2D eigenvalue weighted by Crippen LogP contribution is -2.41. The summed E-state index contributed by atoms with van der Waals surface area (Å²) in [5.74, 6) is 0.260. The number of hydrogen-bond acceptors (Lipinski definition) is 5. The molecule has 19 heavy (non-hydrogen) atoms. The van der Waals surface area contributed by atoms with Crippen molar-refractivity contribution in [3.05, 3.63) is 10.6 Å². The number of aromatic nitrogens is 1. The number of ketones is 1. The molecule has 0 saturated carbocycles. The van der Waals surface area contributed by atoms with Crippen molar-refractivity contribution in [1.29, 1.82) is 0 Å². The lowest BCUT2D eigenvalue weighted by molar-refractivity contribution is 0.0532. The molecular weight excluding hydrogens is 260 g/mol. The number of anilines is 1. The van der Waals surface area contributed by atoms with Gasteiger partial charge in [-0.05, 0) is 18.8 Å². The highest BCUT2D eigenvalue weighted by atomic mass is 32.1. The van der Waals surface area contributed by atoms with Crippen molar-refractivity contribution in [2.45, 2.75) is 39.7 Å². The fraction of sp³-hybridized carbons (Fsp3) is 0.714. The van der Waals surface area contributed by atoms with Crippen molar-refractivity contribution in [3.63, 3.8) is 0 Å². The van der Waals surface area contributed by atoms with E-state index in [2.05, 4.69) is 25.7 Å². The molecule has 1 atom stereocenters. The monoisotopic (exact) mass is 280 g/mol. The van der Waals surface area contributed by atoms with Crippen molar-refractivity contribution in [1.82, 2.24) is 4.98 Å². The largest absolute Gasteiger partial charge is 0.375 e. The van der Waals surface area contributed by atoms with Crippen molar-refractivity contribution >= 4 is 22.3 Å². The Bertz CT molecular complexity index is 510. The van der Waals surface area contributed by atoms with Gasteiger partial charge in [0, 0.05) is 19.5 Å². The van der Waals surface area contributed by atoms with E-state index in [1.54, 1.807) is 11.3 Å². The quantitative estimate of drug-likeness (QED) is 0.793. The summed E-state index contributed by atoms with van der Waals surface area (Å²) in [6.45, 7) is 8.84. The van der Waals surface area contributed by atoms with Gasteiger partial charge < -0.3 is 9.64 Å². The predicted octanol–water partition coefficient (Wildman–Crippen LogP) is 2.52. The van der Waals surface area contributed by atoms with Crippen molar-refractivity contribution < 1.29 is 9.53 Å². The van der Waals surface area contributed by atoms with Crippen LogP contribution in [-0.4, -0.2) is 36.6 Å². The summed E-state index contributed by atoms with van der Waals surface area (Å²) in [6, 6.07) is 0. The van der Waals surface area contributed by atoms with Crippen molar-refractivity contribution in [2.24, 2.45) is 5.41 Å². The van der Waals surface area contributed by atoms with Crippen molar-refractivity contribution in [2.75, 3.05) is 24.6 Å². The second-order valence-electron chi connectivity index (χ2n) is 6.34. The van der Waals surface area contributed by atoms with Gasteiger partial charge in [-0.3, -0.25) is 4.79 Å². The number of ether oxygens (including phenoxy) is 1. The van der Waals surface area contributed by atoms with Crippen LogP contribution in [-0.2, 0) is 11.2 Å². The number of hydrogen-bond donors (Lipinski definition) is 0. The smallest absolute Gasteiger partial charge is 0.186 e. The zero-order valence-electron chi connectivity index (χ0n) is 11.7. The minimum atomic E-state index is 0.0493. The van der Waals surface area contributed by atoms with E-state index in [-0.39, 0.29) is 17.3 Å². The number of carbonyl (C=O) groups excluding carboxylic acids is 1. The summed E-state index contributed by atoms with van der Waals surface area (Å²) in [5.41, 5.74) is 1.05. The molecule has 1 aliphatic carbocycles. The minimum absolute atomic E-state index is 0.0493. The Morgan fingerprint density at radius 1 is 1.42 bits per heavy atom. The lowest BCUT2D eigenvalue weighted by atomic mass is 9.78. The topological polar surface area (TPSA) is 42.4 Å². The van der Waals surface area contributed by atoms with E-state index < -0.39 is 0 Å². The van der Waals surface area contributed by atoms with Crippen LogP contribution >= 0.6 is 11.3 Å².